The van der Waals surface area contributed by atoms with E-state index >= 15 is 0 Å². The number of rotatable bonds is 5. The first-order chi connectivity index (χ1) is 7.18. The number of primary amides is 1. The monoisotopic (exact) mass is 203 g/mol. The van der Waals surface area contributed by atoms with Gasteiger partial charge in [-0.15, -0.1) is 0 Å². The molecule has 78 valence electrons. The molecule has 2 N–H and O–H groups in total. The van der Waals surface area contributed by atoms with Crippen molar-refractivity contribution in [3.05, 3.63) is 42.0 Å². The third-order valence-corrected chi connectivity index (χ3v) is 1.88. The van der Waals surface area contributed by atoms with Gasteiger partial charge in [-0.25, -0.2) is 0 Å². The highest BCUT2D eigenvalue weighted by molar-refractivity contribution is 5.95. The standard InChI is InChI=1S/C12H13NO2/c13-12(15)9-8-11(14)7-6-10-4-2-1-3-5-10/h1-7H,8-9H2,(H2,13,15)/b7-6+. The van der Waals surface area contributed by atoms with Crippen LogP contribution in [-0.2, 0) is 9.59 Å². The van der Waals surface area contributed by atoms with Crippen molar-refractivity contribution in [1.82, 2.24) is 0 Å². The molecule has 0 aromatic heterocycles. The molecule has 1 aromatic carbocycles. The summed E-state index contributed by atoms with van der Waals surface area (Å²) in [5.74, 6) is -0.533. The van der Waals surface area contributed by atoms with Gasteiger partial charge in [-0.1, -0.05) is 36.4 Å². The van der Waals surface area contributed by atoms with Gasteiger partial charge < -0.3 is 5.73 Å². The zero-order valence-corrected chi connectivity index (χ0v) is 8.35. The van der Waals surface area contributed by atoms with Gasteiger partial charge >= 0.3 is 0 Å². The molecule has 0 aliphatic carbocycles. The van der Waals surface area contributed by atoms with Gasteiger partial charge in [0.25, 0.3) is 0 Å². The molecule has 0 fully saturated rings. The van der Waals surface area contributed by atoms with Crippen LogP contribution in [0.5, 0.6) is 0 Å². The maximum Gasteiger partial charge on any atom is 0.217 e. The van der Waals surface area contributed by atoms with Crippen LogP contribution in [-0.4, -0.2) is 11.7 Å². The summed E-state index contributed by atoms with van der Waals surface area (Å²) < 4.78 is 0. The maximum atomic E-state index is 11.2. The topological polar surface area (TPSA) is 60.2 Å². The second kappa shape index (κ2) is 5.75. The summed E-state index contributed by atoms with van der Waals surface area (Å²) in [6.07, 6.45) is 3.48. The number of benzene rings is 1. The number of nitrogens with two attached hydrogens (primary N) is 1. The minimum absolute atomic E-state index is 0.0855. The smallest absolute Gasteiger partial charge is 0.217 e. The Balaban J connectivity index is 2.44. The number of amides is 1. The molecule has 0 aliphatic heterocycles. The van der Waals surface area contributed by atoms with E-state index in [4.69, 9.17) is 5.73 Å². The summed E-state index contributed by atoms with van der Waals surface area (Å²) in [6.45, 7) is 0. The molecule has 0 saturated heterocycles. The van der Waals surface area contributed by atoms with Gasteiger partial charge in [0.15, 0.2) is 5.78 Å². The highest BCUT2D eigenvalue weighted by Gasteiger charge is 1.99. The fourth-order valence-electron chi connectivity index (χ4n) is 1.08. The Morgan fingerprint density at radius 1 is 1.13 bits per heavy atom. The van der Waals surface area contributed by atoms with Crippen molar-refractivity contribution in [2.24, 2.45) is 5.73 Å². The lowest BCUT2D eigenvalue weighted by atomic mass is 10.1. The molecule has 0 atom stereocenters. The van der Waals surface area contributed by atoms with Crippen molar-refractivity contribution in [3.8, 4) is 0 Å². The number of hydrogen-bond donors (Lipinski definition) is 1. The molecule has 1 rings (SSSR count). The van der Waals surface area contributed by atoms with Crippen LogP contribution >= 0.6 is 0 Å². The molecule has 15 heavy (non-hydrogen) atoms. The van der Waals surface area contributed by atoms with E-state index in [0.29, 0.717) is 0 Å². The van der Waals surface area contributed by atoms with E-state index in [0.717, 1.165) is 5.56 Å². The van der Waals surface area contributed by atoms with Crippen molar-refractivity contribution in [2.75, 3.05) is 0 Å². The van der Waals surface area contributed by atoms with E-state index in [1.54, 1.807) is 6.08 Å². The Bertz CT molecular complexity index is 368. The van der Waals surface area contributed by atoms with Crippen molar-refractivity contribution in [2.45, 2.75) is 12.8 Å². The summed E-state index contributed by atoms with van der Waals surface area (Å²) in [7, 11) is 0. The highest BCUT2D eigenvalue weighted by atomic mass is 16.1. The Labute approximate surface area is 88.6 Å². The number of allylic oxidation sites excluding steroid dienone is 1. The average Bonchev–Trinajstić information content (AvgIpc) is 2.25. The van der Waals surface area contributed by atoms with Crippen LogP contribution < -0.4 is 5.73 Å². The summed E-state index contributed by atoms with van der Waals surface area (Å²) in [5.41, 5.74) is 5.90. The molecular weight excluding hydrogens is 190 g/mol. The first-order valence-electron chi connectivity index (χ1n) is 4.73. The highest BCUT2D eigenvalue weighted by Crippen LogP contribution is 2.02. The van der Waals surface area contributed by atoms with E-state index in [-0.39, 0.29) is 18.6 Å². The van der Waals surface area contributed by atoms with Crippen molar-refractivity contribution >= 4 is 17.8 Å². The lowest BCUT2D eigenvalue weighted by Crippen LogP contribution is -2.11. The van der Waals surface area contributed by atoms with Crippen molar-refractivity contribution < 1.29 is 9.59 Å². The molecular formula is C12H13NO2. The summed E-state index contributed by atoms with van der Waals surface area (Å²) in [4.78, 5) is 21.7. The molecule has 0 unspecified atom stereocenters. The quantitative estimate of drug-likeness (QED) is 0.738. The largest absolute Gasteiger partial charge is 0.370 e. The number of ketones is 1. The van der Waals surface area contributed by atoms with Crippen LogP contribution in [0, 0.1) is 0 Å². The second-order valence-corrected chi connectivity index (χ2v) is 3.18. The van der Waals surface area contributed by atoms with Crippen molar-refractivity contribution in [1.29, 1.82) is 0 Å². The van der Waals surface area contributed by atoms with Crippen LogP contribution in [0.1, 0.15) is 18.4 Å². The first kappa shape index (κ1) is 11.2. The molecule has 0 aliphatic rings. The van der Waals surface area contributed by atoms with E-state index in [1.165, 1.54) is 6.08 Å². The summed E-state index contributed by atoms with van der Waals surface area (Å²) in [6, 6.07) is 9.50. The van der Waals surface area contributed by atoms with E-state index in [2.05, 4.69) is 0 Å². The van der Waals surface area contributed by atoms with Gasteiger partial charge in [0.2, 0.25) is 5.91 Å². The van der Waals surface area contributed by atoms with Gasteiger partial charge in [0, 0.05) is 12.8 Å². The van der Waals surface area contributed by atoms with Gasteiger partial charge in [-0.3, -0.25) is 9.59 Å². The van der Waals surface area contributed by atoms with Crippen molar-refractivity contribution in [3.63, 3.8) is 0 Å². The van der Waals surface area contributed by atoms with Crippen LogP contribution in [0.15, 0.2) is 36.4 Å². The lowest BCUT2D eigenvalue weighted by molar-refractivity contribution is -0.121. The van der Waals surface area contributed by atoms with Gasteiger partial charge in [0.1, 0.15) is 0 Å². The Kier molecular flexibility index (Phi) is 4.29. The Hall–Kier alpha value is -1.90. The average molecular weight is 203 g/mol. The van der Waals surface area contributed by atoms with Gasteiger partial charge in [-0.2, -0.15) is 0 Å². The minimum Gasteiger partial charge on any atom is -0.370 e. The molecule has 3 nitrogen and oxygen atoms in total. The van der Waals surface area contributed by atoms with E-state index in [9.17, 15) is 9.59 Å². The van der Waals surface area contributed by atoms with Gasteiger partial charge in [-0.05, 0) is 11.6 Å². The lowest BCUT2D eigenvalue weighted by Gasteiger charge is -1.92. The molecule has 0 spiro atoms. The van der Waals surface area contributed by atoms with Crippen LogP contribution in [0.25, 0.3) is 6.08 Å². The maximum absolute atomic E-state index is 11.2. The molecule has 3 heteroatoms. The van der Waals surface area contributed by atoms with Gasteiger partial charge in [0.05, 0.1) is 0 Å². The molecule has 1 amide bonds. The SMILES string of the molecule is NC(=O)CCC(=O)/C=C/c1ccccc1. The van der Waals surface area contributed by atoms with Crippen LogP contribution in [0.3, 0.4) is 0 Å². The second-order valence-electron chi connectivity index (χ2n) is 3.18. The zero-order valence-electron chi connectivity index (χ0n) is 8.35. The van der Waals surface area contributed by atoms with Crippen LogP contribution in [0.2, 0.25) is 0 Å². The fraction of sp³-hybridized carbons (Fsp3) is 0.167. The normalized spacial score (nSPS) is 10.4. The fourth-order valence-corrected chi connectivity index (χ4v) is 1.08. The zero-order chi connectivity index (χ0) is 11.1. The molecule has 0 heterocycles. The molecule has 0 bridgehead atoms. The third-order valence-electron chi connectivity index (χ3n) is 1.88. The summed E-state index contributed by atoms with van der Waals surface area (Å²) >= 11 is 0. The van der Waals surface area contributed by atoms with E-state index in [1.807, 2.05) is 30.3 Å². The van der Waals surface area contributed by atoms with Crippen LogP contribution in [0.4, 0.5) is 0 Å². The first-order valence-corrected chi connectivity index (χ1v) is 4.73. The number of hydrogen-bond acceptors (Lipinski definition) is 2. The molecule has 0 saturated carbocycles. The minimum atomic E-state index is -0.448. The predicted octanol–water partition coefficient (Wildman–Crippen LogP) is 1.53. The predicted molar refractivity (Wildman–Crippen MR) is 58.9 cm³/mol. The number of carbonyl (C=O) groups excluding carboxylic acids is 2. The Morgan fingerprint density at radius 2 is 1.80 bits per heavy atom. The molecule has 1 aromatic rings. The van der Waals surface area contributed by atoms with E-state index < -0.39 is 5.91 Å². The molecule has 0 radical (unpaired) electrons. The summed E-state index contributed by atoms with van der Waals surface area (Å²) in [5, 5.41) is 0. The number of carbonyl (C=O) groups is 2. The third kappa shape index (κ3) is 4.76. The Morgan fingerprint density at radius 3 is 2.40 bits per heavy atom.